The molecule has 1 aromatic carbocycles. The van der Waals surface area contributed by atoms with Crippen molar-refractivity contribution in [3.63, 3.8) is 0 Å². The summed E-state index contributed by atoms with van der Waals surface area (Å²) in [6.07, 6.45) is 0.634. The van der Waals surface area contributed by atoms with Crippen molar-refractivity contribution in [2.45, 2.75) is 39.5 Å². The second-order valence-electron chi connectivity index (χ2n) is 6.24. The highest BCUT2D eigenvalue weighted by Gasteiger charge is 2.23. The van der Waals surface area contributed by atoms with Crippen LogP contribution in [-0.4, -0.2) is 36.5 Å². The number of rotatable bonds is 3. The van der Waals surface area contributed by atoms with Gasteiger partial charge in [-0.2, -0.15) is 0 Å². The van der Waals surface area contributed by atoms with Gasteiger partial charge in [0.25, 0.3) is 0 Å². The van der Waals surface area contributed by atoms with Crippen molar-refractivity contribution in [3.8, 4) is 0 Å². The van der Waals surface area contributed by atoms with Crippen molar-refractivity contribution in [1.82, 2.24) is 10.2 Å². The van der Waals surface area contributed by atoms with Crippen LogP contribution in [0.25, 0.3) is 0 Å². The van der Waals surface area contributed by atoms with Gasteiger partial charge < -0.3 is 16.0 Å². The van der Waals surface area contributed by atoms with Gasteiger partial charge in [-0.3, -0.25) is 4.99 Å². The predicted molar refractivity (Wildman–Crippen MR) is 111 cm³/mol. The van der Waals surface area contributed by atoms with E-state index in [1.54, 1.807) is 11.8 Å². The lowest BCUT2D eigenvalue weighted by Gasteiger charge is -2.37. The third-order valence-corrected chi connectivity index (χ3v) is 5.78. The van der Waals surface area contributed by atoms with E-state index in [0.29, 0.717) is 6.54 Å². The Labute approximate surface area is 160 Å². The predicted octanol–water partition coefficient (Wildman–Crippen LogP) is 4.18. The molecule has 0 radical (unpaired) electrons. The van der Waals surface area contributed by atoms with Gasteiger partial charge in [0.05, 0.1) is 23.9 Å². The number of nitrogens with two attached hydrogens (primary N) is 1. The zero-order valence-electron chi connectivity index (χ0n) is 15.3. The summed E-state index contributed by atoms with van der Waals surface area (Å²) in [4.78, 5) is 8.17. The van der Waals surface area contributed by atoms with Gasteiger partial charge >= 0.3 is 0 Å². The van der Waals surface area contributed by atoms with Crippen LogP contribution in [0, 0.1) is 0 Å². The van der Waals surface area contributed by atoms with E-state index in [0.717, 1.165) is 27.7 Å². The minimum Gasteiger partial charge on any atom is -0.334 e. The van der Waals surface area contributed by atoms with E-state index in [9.17, 15) is 0 Å². The highest BCUT2D eigenvalue weighted by atomic mass is 35.5. The Bertz CT molecular complexity index is 681. The number of halogens is 1. The standard InChI is InChI=1S/C19H27ClN4S/c1-12-10-18(16-6-8-17(20)9-7-16)23-11-19(21)24(14(3)22-5)15(4)25-13(12)2/h6-9,14,19,22H,4,10-11,21H2,1-3,5H3/b13-12-,23-18?. The number of thioether (sulfide) groups is 1. The fourth-order valence-corrected chi connectivity index (χ4v) is 3.83. The lowest BCUT2D eigenvalue weighted by Crippen LogP contribution is -2.52. The van der Waals surface area contributed by atoms with Crippen LogP contribution in [0.1, 0.15) is 32.8 Å². The summed E-state index contributed by atoms with van der Waals surface area (Å²) >= 11 is 7.70. The van der Waals surface area contributed by atoms with E-state index in [2.05, 4.69) is 37.6 Å². The molecule has 2 unspecified atom stereocenters. The van der Waals surface area contributed by atoms with Gasteiger partial charge in [-0.15, -0.1) is 0 Å². The molecule has 6 heteroatoms. The van der Waals surface area contributed by atoms with Crippen LogP contribution in [0.5, 0.6) is 0 Å². The van der Waals surface area contributed by atoms with Crippen LogP contribution < -0.4 is 11.1 Å². The molecule has 0 aromatic heterocycles. The van der Waals surface area contributed by atoms with E-state index >= 15 is 0 Å². The van der Waals surface area contributed by atoms with E-state index < -0.39 is 0 Å². The molecule has 0 bridgehead atoms. The molecule has 0 aliphatic carbocycles. The van der Waals surface area contributed by atoms with Gasteiger partial charge in [0.15, 0.2) is 0 Å². The fourth-order valence-electron chi connectivity index (χ4n) is 2.70. The van der Waals surface area contributed by atoms with E-state index in [4.69, 9.17) is 22.3 Å². The number of nitrogens with zero attached hydrogens (tertiary/aromatic N) is 2. The minimum atomic E-state index is -0.240. The van der Waals surface area contributed by atoms with E-state index in [-0.39, 0.29) is 12.3 Å². The van der Waals surface area contributed by atoms with Crippen LogP contribution in [0.15, 0.2) is 51.3 Å². The molecule has 2 rings (SSSR count). The first-order valence-corrected chi connectivity index (χ1v) is 9.56. The van der Waals surface area contributed by atoms with E-state index in [1.807, 2.05) is 31.3 Å². The molecule has 3 N–H and O–H groups in total. The Hall–Kier alpha value is -1.27. The molecule has 0 saturated heterocycles. The summed E-state index contributed by atoms with van der Waals surface area (Å²) < 4.78 is 0. The molecule has 136 valence electrons. The van der Waals surface area contributed by atoms with Crippen molar-refractivity contribution in [2.24, 2.45) is 10.7 Å². The minimum absolute atomic E-state index is 0.0803. The zero-order valence-corrected chi connectivity index (χ0v) is 16.9. The molecule has 1 heterocycles. The van der Waals surface area contributed by atoms with E-state index in [1.165, 1.54) is 10.5 Å². The molecular weight excluding hydrogens is 352 g/mol. The number of aliphatic imine (C=N–C) groups is 1. The van der Waals surface area contributed by atoms with Crippen LogP contribution in [0.2, 0.25) is 5.02 Å². The smallest absolute Gasteiger partial charge is 0.0989 e. The van der Waals surface area contributed by atoms with Crippen LogP contribution in [0.4, 0.5) is 0 Å². The highest BCUT2D eigenvalue weighted by Crippen LogP contribution is 2.32. The SMILES string of the molecule is C=C1S/C(C)=C(/C)CC(c2ccc(Cl)cc2)=NCC(N)N1C(C)NC. The van der Waals surface area contributed by atoms with Crippen molar-refractivity contribution in [3.05, 3.63) is 56.9 Å². The monoisotopic (exact) mass is 378 g/mol. The number of allylic oxidation sites excluding steroid dienone is 2. The van der Waals surface area contributed by atoms with Gasteiger partial charge in [-0.05, 0) is 50.4 Å². The van der Waals surface area contributed by atoms with Gasteiger partial charge in [-0.25, -0.2) is 0 Å². The molecule has 0 spiro atoms. The summed E-state index contributed by atoms with van der Waals surface area (Å²) in [5.74, 6) is 0. The molecule has 0 amide bonds. The molecular formula is C19H27ClN4S. The second kappa shape index (κ2) is 8.90. The van der Waals surface area contributed by atoms with Crippen molar-refractivity contribution >= 4 is 29.1 Å². The number of hydrogen-bond donors (Lipinski definition) is 2. The van der Waals surface area contributed by atoms with Crippen LogP contribution in [0.3, 0.4) is 0 Å². The maximum atomic E-state index is 6.45. The lowest BCUT2D eigenvalue weighted by atomic mass is 10.0. The Kier molecular flexibility index (Phi) is 7.14. The highest BCUT2D eigenvalue weighted by molar-refractivity contribution is 8.06. The lowest BCUT2D eigenvalue weighted by molar-refractivity contribution is 0.196. The van der Waals surface area contributed by atoms with Crippen LogP contribution >= 0.6 is 23.4 Å². The Balaban J connectivity index is 2.41. The molecule has 1 aliphatic heterocycles. The third kappa shape index (κ3) is 5.11. The fraction of sp³-hybridized carbons (Fsp3) is 0.421. The summed E-state index contributed by atoms with van der Waals surface area (Å²) in [5.41, 5.74) is 9.85. The second-order valence-corrected chi connectivity index (χ2v) is 7.97. The van der Waals surface area contributed by atoms with Crippen molar-refractivity contribution < 1.29 is 0 Å². The quantitative estimate of drug-likeness (QED) is 0.828. The van der Waals surface area contributed by atoms with Crippen molar-refractivity contribution in [2.75, 3.05) is 13.6 Å². The largest absolute Gasteiger partial charge is 0.334 e. The first-order chi connectivity index (χ1) is 11.8. The summed E-state index contributed by atoms with van der Waals surface area (Å²) in [6, 6.07) is 7.83. The maximum absolute atomic E-state index is 6.45. The normalized spacial score (nSPS) is 24.1. The first kappa shape index (κ1) is 20.0. The molecule has 1 aromatic rings. The van der Waals surface area contributed by atoms with Crippen LogP contribution in [-0.2, 0) is 0 Å². The Morgan fingerprint density at radius 2 is 2.00 bits per heavy atom. The summed E-state index contributed by atoms with van der Waals surface area (Å²) in [7, 11) is 1.92. The molecule has 2 atom stereocenters. The maximum Gasteiger partial charge on any atom is 0.0989 e. The number of benzene rings is 1. The Morgan fingerprint density at radius 3 is 2.60 bits per heavy atom. The third-order valence-electron chi connectivity index (χ3n) is 4.43. The summed E-state index contributed by atoms with van der Waals surface area (Å²) in [5, 5.41) is 4.92. The van der Waals surface area contributed by atoms with Gasteiger partial charge in [0.2, 0.25) is 0 Å². The first-order valence-electron chi connectivity index (χ1n) is 8.37. The molecule has 0 saturated carbocycles. The molecule has 1 aliphatic rings. The number of hydrogen-bond acceptors (Lipinski definition) is 5. The average molecular weight is 379 g/mol. The van der Waals surface area contributed by atoms with Gasteiger partial charge in [-0.1, -0.05) is 47.6 Å². The molecule has 0 fully saturated rings. The average Bonchev–Trinajstić information content (AvgIpc) is 2.58. The Morgan fingerprint density at radius 1 is 1.36 bits per heavy atom. The van der Waals surface area contributed by atoms with Gasteiger partial charge in [0, 0.05) is 17.2 Å². The zero-order chi connectivity index (χ0) is 18.6. The summed E-state index contributed by atoms with van der Waals surface area (Å²) in [6.45, 7) is 11.1. The molecule has 4 nitrogen and oxygen atoms in total. The molecule has 25 heavy (non-hydrogen) atoms. The van der Waals surface area contributed by atoms with Gasteiger partial charge in [0.1, 0.15) is 0 Å². The van der Waals surface area contributed by atoms with Crippen molar-refractivity contribution in [1.29, 1.82) is 0 Å². The number of nitrogens with one attached hydrogen (secondary N) is 1. The topological polar surface area (TPSA) is 53.6 Å².